The average Bonchev–Trinajstić information content (AvgIpc) is 3.38. The Morgan fingerprint density at radius 2 is 1.05 bits per heavy atom. The molecule has 4 atom stereocenters. The third-order valence-electron chi connectivity index (χ3n) is 8.05. The molecular weight excluding hydrogens is 520 g/mol. The Labute approximate surface area is 241 Å². The summed E-state index contributed by atoms with van der Waals surface area (Å²) in [6.07, 6.45) is -0.859. The SMILES string of the molecule is COc1ccc(C(O)C2c3cc(OC)cc(OC)c3[C@H](c3ccc(OC)cc3)[C@H]2c2cc(OC)cc(OC)c2)cc1. The van der Waals surface area contributed by atoms with Gasteiger partial charge in [-0.2, -0.15) is 0 Å². The van der Waals surface area contributed by atoms with Gasteiger partial charge < -0.3 is 33.5 Å². The Balaban J connectivity index is 1.80. The van der Waals surface area contributed by atoms with E-state index in [1.54, 1.807) is 42.7 Å². The predicted molar refractivity (Wildman–Crippen MR) is 157 cm³/mol. The van der Waals surface area contributed by atoms with Crippen LogP contribution in [0.25, 0.3) is 0 Å². The number of rotatable bonds is 10. The molecule has 0 aliphatic heterocycles. The fourth-order valence-electron chi connectivity index (χ4n) is 6.08. The fraction of sp³-hybridized carbons (Fsp3) is 0.294. The Kier molecular flexibility index (Phi) is 8.26. The van der Waals surface area contributed by atoms with Crippen LogP contribution in [0.3, 0.4) is 0 Å². The molecule has 214 valence electrons. The number of fused-ring (bicyclic) bond motifs is 1. The van der Waals surface area contributed by atoms with E-state index in [4.69, 9.17) is 28.4 Å². The number of hydrogen-bond acceptors (Lipinski definition) is 7. The molecule has 0 aromatic heterocycles. The lowest BCUT2D eigenvalue weighted by Gasteiger charge is -2.31. The summed E-state index contributed by atoms with van der Waals surface area (Å²) in [5.74, 6) is 3.43. The van der Waals surface area contributed by atoms with Crippen LogP contribution in [0.2, 0.25) is 0 Å². The maximum Gasteiger partial charge on any atom is 0.126 e. The van der Waals surface area contributed by atoms with Crippen molar-refractivity contribution < 1.29 is 33.5 Å². The van der Waals surface area contributed by atoms with Gasteiger partial charge in [-0.05, 0) is 64.7 Å². The molecule has 2 unspecified atom stereocenters. The molecule has 0 bridgehead atoms. The van der Waals surface area contributed by atoms with Crippen LogP contribution in [0.15, 0.2) is 78.9 Å². The monoisotopic (exact) mass is 556 g/mol. The van der Waals surface area contributed by atoms with Gasteiger partial charge in [0.1, 0.15) is 34.5 Å². The summed E-state index contributed by atoms with van der Waals surface area (Å²) in [6, 6.07) is 25.4. The lowest BCUT2D eigenvalue weighted by atomic mass is 9.75. The molecule has 1 aliphatic rings. The van der Waals surface area contributed by atoms with Gasteiger partial charge in [-0.25, -0.2) is 0 Å². The van der Waals surface area contributed by atoms with Crippen LogP contribution in [-0.4, -0.2) is 47.8 Å². The molecule has 4 aromatic rings. The van der Waals surface area contributed by atoms with Crippen molar-refractivity contribution in [2.24, 2.45) is 0 Å². The zero-order valence-electron chi connectivity index (χ0n) is 24.2. The van der Waals surface area contributed by atoms with E-state index in [0.717, 1.165) is 39.3 Å². The highest BCUT2D eigenvalue weighted by Gasteiger charge is 2.48. The van der Waals surface area contributed by atoms with Gasteiger partial charge in [0.05, 0.1) is 48.8 Å². The summed E-state index contributed by atoms with van der Waals surface area (Å²) < 4.78 is 33.9. The molecular formula is C34H36O7. The molecule has 0 spiro atoms. The van der Waals surface area contributed by atoms with E-state index < -0.39 is 6.10 Å². The molecule has 41 heavy (non-hydrogen) atoms. The highest BCUT2D eigenvalue weighted by atomic mass is 16.5. The smallest absolute Gasteiger partial charge is 0.126 e. The molecule has 1 aliphatic carbocycles. The van der Waals surface area contributed by atoms with Gasteiger partial charge in [0, 0.05) is 35.4 Å². The van der Waals surface area contributed by atoms with Gasteiger partial charge in [0.2, 0.25) is 0 Å². The topological polar surface area (TPSA) is 75.6 Å². The highest BCUT2D eigenvalue weighted by Crippen LogP contribution is 2.62. The van der Waals surface area contributed by atoms with E-state index in [-0.39, 0.29) is 17.8 Å². The van der Waals surface area contributed by atoms with Crippen molar-refractivity contribution in [1.82, 2.24) is 0 Å². The third-order valence-corrected chi connectivity index (χ3v) is 8.05. The Morgan fingerprint density at radius 3 is 1.56 bits per heavy atom. The summed E-state index contributed by atoms with van der Waals surface area (Å²) in [5.41, 5.74) is 4.77. The Morgan fingerprint density at radius 1 is 0.537 bits per heavy atom. The highest BCUT2D eigenvalue weighted by molar-refractivity contribution is 5.61. The van der Waals surface area contributed by atoms with Gasteiger partial charge in [-0.15, -0.1) is 0 Å². The molecule has 4 aromatic carbocycles. The molecule has 5 rings (SSSR count). The van der Waals surface area contributed by atoms with Crippen molar-refractivity contribution in [3.63, 3.8) is 0 Å². The number of benzene rings is 4. The van der Waals surface area contributed by atoms with Crippen LogP contribution in [0.4, 0.5) is 0 Å². The fourth-order valence-corrected chi connectivity index (χ4v) is 6.08. The Bertz CT molecular complexity index is 1460. The van der Waals surface area contributed by atoms with E-state index in [9.17, 15) is 5.11 Å². The summed E-state index contributed by atoms with van der Waals surface area (Å²) >= 11 is 0. The van der Waals surface area contributed by atoms with Crippen molar-refractivity contribution in [2.75, 3.05) is 42.7 Å². The van der Waals surface area contributed by atoms with Crippen LogP contribution in [0.1, 0.15) is 51.7 Å². The minimum absolute atomic E-state index is 0.175. The molecule has 7 nitrogen and oxygen atoms in total. The second kappa shape index (κ2) is 12.0. The van der Waals surface area contributed by atoms with Crippen LogP contribution in [-0.2, 0) is 0 Å². The summed E-state index contributed by atoms with van der Waals surface area (Å²) in [6.45, 7) is 0. The van der Waals surface area contributed by atoms with E-state index in [2.05, 4.69) is 12.1 Å². The molecule has 0 saturated heterocycles. The van der Waals surface area contributed by atoms with Gasteiger partial charge in [-0.3, -0.25) is 0 Å². The Hall–Kier alpha value is -4.36. The van der Waals surface area contributed by atoms with Crippen molar-refractivity contribution in [1.29, 1.82) is 0 Å². The molecule has 0 radical (unpaired) electrons. The van der Waals surface area contributed by atoms with Crippen molar-refractivity contribution in [2.45, 2.75) is 23.9 Å². The maximum atomic E-state index is 12.2. The molecule has 0 heterocycles. The average molecular weight is 557 g/mol. The zero-order valence-corrected chi connectivity index (χ0v) is 24.2. The van der Waals surface area contributed by atoms with Crippen molar-refractivity contribution in [3.05, 3.63) is 107 Å². The second-order valence-electron chi connectivity index (χ2n) is 10.00. The van der Waals surface area contributed by atoms with Crippen LogP contribution >= 0.6 is 0 Å². The molecule has 0 fully saturated rings. The quantitative estimate of drug-likeness (QED) is 0.239. The minimum Gasteiger partial charge on any atom is -0.497 e. The summed E-state index contributed by atoms with van der Waals surface area (Å²) in [4.78, 5) is 0. The van der Waals surface area contributed by atoms with E-state index in [0.29, 0.717) is 23.0 Å². The summed E-state index contributed by atoms with van der Waals surface area (Å²) in [7, 11) is 9.86. The van der Waals surface area contributed by atoms with Crippen molar-refractivity contribution >= 4 is 0 Å². The van der Waals surface area contributed by atoms with E-state index >= 15 is 0 Å². The van der Waals surface area contributed by atoms with E-state index in [1.807, 2.05) is 66.7 Å². The first-order chi connectivity index (χ1) is 20.0. The van der Waals surface area contributed by atoms with Crippen LogP contribution < -0.4 is 28.4 Å². The number of aliphatic hydroxyl groups excluding tert-OH is 1. The largest absolute Gasteiger partial charge is 0.497 e. The number of ether oxygens (including phenoxy) is 6. The van der Waals surface area contributed by atoms with Crippen LogP contribution in [0.5, 0.6) is 34.5 Å². The number of methoxy groups -OCH3 is 6. The second-order valence-corrected chi connectivity index (χ2v) is 10.00. The molecule has 0 amide bonds. The lowest BCUT2D eigenvalue weighted by molar-refractivity contribution is 0.134. The minimum atomic E-state index is -0.859. The predicted octanol–water partition coefficient (Wildman–Crippen LogP) is 6.48. The maximum absolute atomic E-state index is 12.2. The first-order valence-electron chi connectivity index (χ1n) is 13.4. The molecule has 1 N–H and O–H groups in total. The van der Waals surface area contributed by atoms with E-state index in [1.165, 1.54) is 0 Å². The normalized spacial score (nSPS) is 18.3. The van der Waals surface area contributed by atoms with Gasteiger partial charge in [0.15, 0.2) is 0 Å². The molecule has 7 heteroatoms. The summed E-state index contributed by atoms with van der Waals surface area (Å²) in [5, 5.41) is 12.2. The molecule has 0 saturated carbocycles. The lowest BCUT2D eigenvalue weighted by Crippen LogP contribution is -2.18. The van der Waals surface area contributed by atoms with Gasteiger partial charge >= 0.3 is 0 Å². The van der Waals surface area contributed by atoms with Crippen molar-refractivity contribution in [3.8, 4) is 34.5 Å². The van der Waals surface area contributed by atoms with Gasteiger partial charge in [-0.1, -0.05) is 24.3 Å². The standard InChI is InChI=1S/C34H36O7/c1-36-23-11-7-20(8-12-23)30-31(22-15-25(38-3)17-26(16-22)39-4)33(34(35)21-9-13-24(37-2)14-10-21)28-18-27(40-5)19-29(41-6)32(28)30/h7-19,30-31,33-35H,1-6H3/t30-,31-,33?,34?/m1/s1. The first-order valence-corrected chi connectivity index (χ1v) is 13.4. The zero-order chi connectivity index (χ0) is 29.1. The number of hydrogen-bond donors (Lipinski definition) is 1. The first kappa shape index (κ1) is 28.2. The van der Waals surface area contributed by atoms with Crippen LogP contribution in [0, 0.1) is 0 Å². The number of aliphatic hydroxyl groups is 1. The van der Waals surface area contributed by atoms with Gasteiger partial charge in [0.25, 0.3) is 0 Å². The third kappa shape index (κ3) is 5.25.